The quantitative estimate of drug-likeness (QED) is 0.765. The monoisotopic (exact) mass is 346 g/mol. The van der Waals surface area contributed by atoms with Crippen molar-refractivity contribution in [3.8, 4) is 0 Å². The minimum atomic E-state index is -4.49. The average Bonchev–Trinajstić information content (AvgIpc) is 2.52. The van der Waals surface area contributed by atoms with E-state index in [2.05, 4.69) is 10.6 Å². The molecule has 0 spiro atoms. The van der Waals surface area contributed by atoms with Crippen molar-refractivity contribution in [3.05, 3.63) is 35.4 Å². The number of esters is 1. The number of hydrogen-bond acceptors (Lipinski definition) is 4. The summed E-state index contributed by atoms with van der Waals surface area (Å²) in [5.41, 5.74) is -0.915. The van der Waals surface area contributed by atoms with Crippen LogP contribution in [-0.2, 0) is 20.5 Å². The molecule has 1 aromatic rings. The molecule has 0 bridgehead atoms. The van der Waals surface area contributed by atoms with Gasteiger partial charge in [0.1, 0.15) is 6.54 Å². The molecular weight excluding hydrogens is 329 g/mol. The fourth-order valence-corrected chi connectivity index (χ4v) is 1.68. The molecule has 1 aromatic carbocycles. The Balaban J connectivity index is 2.51. The molecule has 0 fully saturated rings. The van der Waals surface area contributed by atoms with Gasteiger partial charge in [0, 0.05) is 12.1 Å². The summed E-state index contributed by atoms with van der Waals surface area (Å²) in [5, 5.41) is 4.67. The zero-order valence-electron chi connectivity index (χ0n) is 13.1. The summed E-state index contributed by atoms with van der Waals surface area (Å²) in [6.45, 7) is 2.95. The van der Waals surface area contributed by atoms with Crippen LogP contribution in [0.4, 0.5) is 13.2 Å². The van der Waals surface area contributed by atoms with Crippen molar-refractivity contribution in [2.75, 3.05) is 13.1 Å². The van der Waals surface area contributed by atoms with E-state index in [4.69, 9.17) is 4.74 Å². The van der Waals surface area contributed by atoms with Crippen LogP contribution < -0.4 is 10.6 Å². The van der Waals surface area contributed by atoms with Crippen LogP contribution in [0.25, 0.3) is 0 Å². The second-order valence-electron chi connectivity index (χ2n) is 4.78. The molecule has 132 valence electrons. The number of ether oxygens (including phenoxy) is 1. The summed E-state index contributed by atoms with van der Waals surface area (Å²) in [5.74, 6) is -2.04. The van der Waals surface area contributed by atoms with Gasteiger partial charge in [-0.05, 0) is 38.1 Å². The third kappa shape index (κ3) is 5.90. The zero-order valence-corrected chi connectivity index (χ0v) is 13.1. The third-order valence-electron chi connectivity index (χ3n) is 2.90. The van der Waals surface area contributed by atoms with Crippen molar-refractivity contribution in [1.29, 1.82) is 0 Å². The predicted octanol–water partition coefficient (Wildman–Crippen LogP) is 1.50. The van der Waals surface area contributed by atoms with E-state index in [1.165, 1.54) is 6.92 Å². The van der Waals surface area contributed by atoms with Crippen molar-refractivity contribution < 1.29 is 32.3 Å². The Morgan fingerprint density at radius 3 is 2.21 bits per heavy atom. The van der Waals surface area contributed by atoms with Gasteiger partial charge in [-0.15, -0.1) is 0 Å². The lowest BCUT2D eigenvalue weighted by molar-refractivity contribution is -0.153. The van der Waals surface area contributed by atoms with Gasteiger partial charge in [0.2, 0.25) is 0 Å². The molecule has 0 aliphatic carbocycles. The fraction of sp³-hybridized carbons (Fsp3) is 0.400. The van der Waals surface area contributed by atoms with E-state index in [0.29, 0.717) is 6.54 Å². The molecule has 1 rings (SSSR count). The van der Waals surface area contributed by atoms with Gasteiger partial charge in [0.15, 0.2) is 6.10 Å². The van der Waals surface area contributed by atoms with Crippen molar-refractivity contribution in [2.45, 2.75) is 26.1 Å². The molecule has 6 nitrogen and oxygen atoms in total. The van der Waals surface area contributed by atoms with E-state index in [1.807, 2.05) is 0 Å². The summed E-state index contributed by atoms with van der Waals surface area (Å²) >= 11 is 0. The summed E-state index contributed by atoms with van der Waals surface area (Å²) in [7, 11) is 0. The Morgan fingerprint density at radius 2 is 1.71 bits per heavy atom. The molecule has 2 N–H and O–H groups in total. The molecule has 9 heteroatoms. The normalized spacial score (nSPS) is 12.2. The van der Waals surface area contributed by atoms with E-state index in [1.54, 1.807) is 6.92 Å². The Morgan fingerprint density at radius 1 is 1.12 bits per heavy atom. The van der Waals surface area contributed by atoms with Gasteiger partial charge in [0.25, 0.3) is 11.8 Å². The SMILES string of the molecule is CCNC(=O)[C@H](C)OC(=O)CNC(=O)c1ccc(C(F)(F)F)cc1. The van der Waals surface area contributed by atoms with Crippen LogP contribution in [0.5, 0.6) is 0 Å². The first-order chi connectivity index (χ1) is 11.1. The minimum Gasteiger partial charge on any atom is -0.451 e. The van der Waals surface area contributed by atoms with E-state index in [-0.39, 0.29) is 5.56 Å². The van der Waals surface area contributed by atoms with E-state index >= 15 is 0 Å². The number of alkyl halides is 3. The molecular formula is C15H17F3N2O4. The van der Waals surface area contributed by atoms with Crippen molar-refractivity contribution in [3.63, 3.8) is 0 Å². The molecule has 0 saturated carbocycles. The second kappa shape index (κ2) is 8.32. The van der Waals surface area contributed by atoms with Crippen LogP contribution in [0.2, 0.25) is 0 Å². The van der Waals surface area contributed by atoms with Gasteiger partial charge >= 0.3 is 12.1 Å². The van der Waals surface area contributed by atoms with Crippen LogP contribution in [0.1, 0.15) is 29.8 Å². The first-order valence-electron chi connectivity index (χ1n) is 7.07. The lowest BCUT2D eigenvalue weighted by atomic mass is 10.1. The van der Waals surface area contributed by atoms with E-state index in [9.17, 15) is 27.6 Å². The lowest BCUT2D eigenvalue weighted by Gasteiger charge is -2.13. The van der Waals surface area contributed by atoms with E-state index < -0.39 is 42.2 Å². The number of hydrogen-bond donors (Lipinski definition) is 2. The number of carbonyl (C=O) groups excluding carboxylic acids is 3. The maximum absolute atomic E-state index is 12.4. The standard InChI is InChI=1S/C15H17F3N2O4/c1-3-19-13(22)9(2)24-12(21)8-20-14(23)10-4-6-11(7-5-10)15(16,17)18/h4-7,9H,3,8H2,1-2H3,(H,19,22)(H,20,23)/t9-/m0/s1. The smallest absolute Gasteiger partial charge is 0.416 e. The summed E-state index contributed by atoms with van der Waals surface area (Å²) in [6.07, 6.45) is -5.51. The lowest BCUT2D eigenvalue weighted by Crippen LogP contribution is -2.38. The molecule has 0 saturated heterocycles. The third-order valence-corrected chi connectivity index (χ3v) is 2.90. The maximum Gasteiger partial charge on any atom is 0.416 e. The first-order valence-corrected chi connectivity index (χ1v) is 7.07. The first kappa shape index (κ1) is 19.5. The van der Waals surface area contributed by atoms with Crippen molar-refractivity contribution in [1.82, 2.24) is 10.6 Å². The maximum atomic E-state index is 12.4. The Bertz CT molecular complexity index is 600. The van der Waals surface area contributed by atoms with Gasteiger partial charge in [-0.1, -0.05) is 0 Å². The highest BCUT2D eigenvalue weighted by Crippen LogP contribution is 2.28. The predicted molar refractivity (Wildman–Crippen MR) is 78.0 cm³/mol. The van der Waals surface area contributed by atoms with Gasteiger partial charge in [-0.2, -0.15) is 13.2 Å². The van der Waals surface area contributed by atoms with Gasteiger partial charge in [-0.25, -0.2) is 0 Å². The minimum absolute atomic E-state index is 0.0347. The topological polar surface area (TPSA) is 84.5 Å². The van der Waals surface area contributed by atoms with Crippen LogP contribution in [0.3, 0.4) is 0 Å². The Labute approximate surface area is 136 Å². The van der Waals surface area contributed by atoms with Crippen molar-refractivity contribution in [2.24, 2.45) is 0 Å². The second-order valence-corrected chi connectivity index (χ2v) is 4.78. The van der Waals surface area contributed by atoms with Crippen LogP contribution in [0.15, 0.2) is 24.3 Å². The average molecular weight is 346 g/mol. The van der Waals surface area contributed by atoms with Crippen LogP contribution in [-0.4, -0.2) is 37.0 Å². The number of benzene rings is 1. The largest absolute Gasteiger partial charge is 0.451 e. The number of carbonyl (C=O) groups is 3. The Hall–Kier alpha value is -2.58. The molecule has 0 aromatic heterocycles. The Kier molecular flexibility index (Phi) is 6.75. The highest BCUT2D eigenvalue weighted by atomic mass is 19.4. The van der Waals surface area contributed by atoms with Gasteiger partial charge < -0.3 is 15.4 Å². The molecule has 0 unspecified atom stereocenters. The number of likely N-dealkylation sites (N-methyl/N-ethyl adjacent to an activating group) is 1. The summed E-state index contributed by atoms with van der Waals surface area (Å²) in [4.78, 5) is 34.7. The van der Waals surface area contributed by atoms with Crippen molar-refractivity contribution >= 4 is 17.8 Å². The van der Waals surface area contributed by atoms with E-state index in [0.717, 1.165) is 24.3 Å². The fourth-order valence-electron chi connectivity index (χ4n) is 1.68. The molecule has 0 heterocycles. The number of nitrogens with one attached hydrogen (secondary N) is 2. The summed E-state index contributed by atoms with van der Waals surface area (Å²) < 4.78 is 42.1. The highest BCUT2D eigenvalue weighted by molar-refractivity contribution is 5.96. The molecule has 2 amide bonds. The van der Waals surface area contributed by atoms with Gasteiger partial charge in [0.05, 0.1) is 5.56 Å². The zero-order chi connectivity index (χ0) is 18.3. The van der Waals surface area contributed by atoms with Crippen LogP contribution >= 0.6 is 0 Å². The molecule has 24 heavy (non-hydrogen) atoms. The number of halogens is 3. The number of rotatable bonds is 6. The van der Waals surface area contributed by atoms with Gasteiger partial charge in [-0.3, -0.25) is 14.4 Å². The molecule has 0 aliphatic rings. The molecule has 0 aliphatic heterocycles. The number of amides is 2. The molecule has 1 atom stereocenters. The molecule has 0 radical (unpaired) electrons. The highest BCUT2D eigenvalue weighted by Gasteiger charge is 2.30. The van der Waals surface area contributed by atoms with Crippen LogP contribution in [0, 0.1) is 0 Å². The summed E-state index contributed by atoms with van der Waals surface area (Å²) in [6, 6.07) is 3.54.